The number of benzene rings is 1. The number of nitrogens with two attached hydrogens (primary N) is 1. The van der Waals surface area contributed by atoms with Gasteiger partial charge in [-0.1, -0.05) is 23.7 Å². The molecule has 1 saturated carbocycles. The summed E-state index contributed by atoms with van der Waals surface area (Å²) in [6, 6.07) is 8.78. The van der Waals surface area contributed by atoms with Gasteiger partial charge in [-0.15, -0.1) is 10.2 Å². The molecule has 0 amide bonds. The van der Waals surface area contributed by atoms with Crippen LogP contribution < -0.4 is 5.73 Å². The minimum atomic E-state index is -0.833. The first-order valence-electron chi connectivity index (χ1n) is 12.8. The summed E-state index contributed by atoms with van der Waals surface area (Å²) in [6.07, 6.45) is 6.41. The van der Waals surface area contributed by atoms with Crippen molar-refractivity contribution in [2.45, 2.75) is 70.1 Å². The zero-order chi connectivity index (χ0) is 25.7. The molecular weight excluding hydrogens is 482 g/mol. The van der Waals surface area contributed by atoms with Crippen molar-refractivity contribution >= 4 is 35.0 Å². The van der Waals surface area contributed by atoms with Crippen molar-refractivity contribution < 1.29 is 19.4 Å². The van der Waals surface area contributed by atoms with Gasteiger partial charge in [0.2, 0.25) is 0 Å². The third kappa shape index (κ3) is 7.51. The van der Waals surface area contributed by atoms with Gasteiger partial charge in [-0.25, -0.2) is 0 Å². The molecule has 5 rings (SSSR count). The lowest BCUT2D eigenvalue weighted by atomic mass is 9.95. The summed E-state index contributed by atoms with van der Waals surface area (Å²) in [7, 11) is 0. The highest BCUT2D eigenvalue weighted by Gasteiger charge is 2.39. The van der Waals surface area contributed by atoms with E-state index in [0.717, 1.165) is 50.1 Å². The number of likely N-dealkylation sites (tertiary alicyclic amines) is 1. The van der Waals surface area contributed by atoms with E-state index < -0.39 is 5.97 Å². The number of hydrogen-bond donors (Lipinski definition) is 2. The summed E-state index contributed by atoms with van der Waals surface area (Å²) in [6.45, 7) is 4.27. The van der Waals surface area contributed by atoms with Crippen LogP contribution in [-0.2, 0) is 20.7 Å². The number of rotatable bonds is 6. The van der Waals surface area contributed by atoms with Gasteiger partial charge < -0.3 is 20.5 Å². The second kappa shape index (κ2) is 12.2. The molecule has 10 heteroatoms. The lowest BCUT2D eigenvalue weighted by Gasteiger charge is -2.46. The number of carboxylic acid groups (broad SMARTS) is 1. The number of nitrogens with zero attached hydrogens (tertiary/aromatic N) is 4. The molecule has 2 saturated heterocycles. The van der Waals surface area contributed by atoms with Crippen LogP contribution in [0.25, 0.3) is 0 Å². The minimum Gasteiger partial charge on any atom is -0.481 e. The number of amidine groups is 2. The number of ether oxygens (including phenoxy) is 1. The predicted molar refractivity (Wildman–Crippen MR) is 139 cm³/mol. The van der Waals surface area contributed by atoms with Crippen molar-refractivity contribution in [1.82, 2.24) is 9.80 Å². The summed E-state index contributed by atoms with van der Waals surface area (Å²) < 4.78 is 6.14. The Balaban J connectivity index is 0.000000709. The summed E-state index contributed by atoms with van der Waals surface area (Å²) in [5, 5.41) is 16.4. The van der Waals surface area contributed by atoms with E-state index in [4.69, 9.17) is 32.0 Å². The Bertz CT molecular complexity index is 983. The maximum absolute atomic E-state index is 12.8. The molecule has 3 fully saturated rings. The van der Waals surface area contributed by atoms with Crippen LogP contribution in [-0.4, -0.2) is 82.8 Å². The number of aliphatic carboxylic acids is 1. The van der Waals surface area contributed by atoms with Gasteiger partial charge in [0, 0.05) is 50.1 Å². The van der Waals surface area contributed by atoms with Crippen molar-refractivity contribution in [2.75, 3.05) is 26.2 Å². The monoisotopic (exact) mass is 517 g/mol. The standard InChI is InChI=1S/C24H32ClN5O2.C2H4O2/c25-18-5-3-16(4-6-18)11-20-15-32-22(21(31)12-17-1-2-17)14-30(20)19-7-9-29(10-8-19)24-13-23(26)27-28-24;1-2(3)4/h3-6,17,19-20,22H,1-2,7-15H2,(H2,26,27);1H3,(H,3,4)/t20-,22+;/m0./s1. The van der Waals surface area contributed by atoms with E-state index in [-0.39, 0.29) is 17.9 Å². The van der Waals surface area contributed by atoms with Crippen molar-refractivity contribution in [3.8, 4) is 0 Å². The number of ketones is 1. The normalized spacial score (nSPS) is 25.0. The molecule has 2 atom stereocenters. The van der Waals surface area contributed by atoms with Crippen LogP contribution in [0.3, 0.4) is 0 Å². The third-order valence-corrected chi connectivity index (χ3v) is 7.45. The third-order valence-electron chi connectivity index (χ3n) is 7.20. The minimum absolute atomic E-state index is 0.264. The van der Waals surface area contributed by atoms with Gasteiger partial charge in [-0.2, -0.15) is 0 Å². The molecule has 4 aliphatic rings. The Labute approximate surface area is 217 Å². The number of piperidine rings is 1. The van der Waals surface area contributed by atoms with E-state index in [1.54, 1.807) is 0 Å². The highest BCUT2D eigenvalue weighted by molar-refractivity contribution is 6.30. The van der Waals surface area contributed by atoms with Gasteiger partial charge in [0.1, 0.15) is 17.8 Å². The zero-order valence-electron chi connectivity index (χ0n) is 20.8. The SMILES string of the molecule is CC(=O)O.NC1=NN=C(N2CCC(N3C[C@H](C(=O)CC4CC4)OC[C@@H]3Cc3ccc(Cl)cc3)CC2)C1. The predicted octanol–water partition coefficient (Wildman–Crippen LogP) is 2.95. The highest BCUT2D eigenvalue weighted by Crippen LogP contribution is 2.34. The van der Waals surface area contributed by atoms with Crippen molar-refractivity contribution in [2.24, 2.45) is 21.9 Å². The van der Waals surface area contributed by atoms with Crippen LogP contribution in [0.15, 0.2) is 34.5 Å². The number of morpholine rings is 1. The number of carboxylic acids is 1. The number of hydrogen-bond acceptors (Lipinski definition) is 8. The van der Waals surface area contributed by atoms with Crippen LogP contribution >= 0.6 is 11.6 Å². The summed E-state index contributed by atoms with van der Waals surface area (Å²) in [5.41, 5.74) is 7.06. The molecule has 0 unspecified atom stereocenters. The molecule has 0 radical (unpaired) electrons. The summed E-state index contributed by atoms with van der Waals surface area (Å²) in [4.78, 5) is 26.7. The maximum Gasteiger partial charge on any atom is 0.300 e. The fourth-order valence-electron chi connectivity index (χ4n) is 5.15. The number of carbonyl (C=O) groups excluding carboxylic acids is 1. The second-order valence-electron chi connectivity index (χ2n) is 10.1. The number of carbonyl (C=O) groups is 2. The zero-order valence-corrected chi connectivity index (χ0v) is 21.6. The van der Waals surface area contributed by atoms with E-state index in [1.807, 2.05) is 12.1 Å². The highest BCUT2D eigenvalue weighted by atomic mass is 35.5. The average molecular weight is 518 g/mol. The van der Waals surface area contributed by atoms with Gasteiger partial charge in [0.15, 0.2) is 5.78 Å². The van der Waals surface area contributed by atoms with E-state index in [2.05, 4.69) is 32.1 Å². The van der Waals surface area contributed by atoms with E-state index in [9.17, 15) is 4.79 Å². The van der Waals surface area contributed by atoms with Crippen LogP contribution in [0.2, 0.25) is 5.02 Å². The fourth-order valence-corrected chi connectivity index (χ4v) is 5.28. The Hall–Kier alpha value is -2.49. The molecule has 1 aromatic rings. The lowest BCUT2D eigenvalue weighted by Crippen LogP contribution is -2.58. The Morgan fingerprint density at radius 1 is 1.14 bits per heavy atom. The first-order chi connectivity index (χ1) is 17.3. The van der Waals surface area contributed by atoms with E-state index >= 15 is 0 Å². The average Bonchev–Trinajstić information content (AvgIpc) is 3.56. The second-order valence-corrected chi connectivity index (χ2v) is 10.6. The molecule has 9 nitrogen and oxygen atoms in total. The first-order valence-corrected chi connectivity index (χ1v) is 13.1. The Morgan fingerprint density at radius 3 is 2.39 bits per heavy atom. The molecule has 1 aromatic carbocycles. The van der Waals surface area contributed by atoms with Gasteiger partial charge in [-0.05, 0) is 55.7 Å². The van der Waals surface area contributed by atoms with Crippen LogP contribution in [0, 0.1) is 5.92 Å². The largest absolute Gasteiger partial charge is 0.481 e. The molecule has 3 N–H and O–H groups in total. The van der Waals surface area contributed by atoms with Gasteiger partial charge in [-0.3, -0.25) is 14.5 Å². The van der Waals surface area contributed by atoms with Gasteiger partial charge in [0.05, 0.1) is 13.0 Å². The Morgan fingerprint density at radius 2 is 1.81 bits per heavy atom. The quantitative estimate of drug-likeness (QED) is 0.595. The van der Waals surface area contributed by atoms with E-state index in [1.165, 1.54) is 18.4 Å². The van der Waals surface area contributed by atoms with Crippen molar-refractivity contribution in [3.05, 3.63) is 34.9 Å². The molecule has 3 aliphatic heterocycles. The van der Waals surface area contributed by atoms with Crippen LogP contribution in [0.4, 0.5) is 0 Å². The fraction of sp³-hybridized carbons (Fsp3) is 0.615. The first kappa shape index (κ1) is 26.6. The lowest BCUT2D eigenvalue weighted by molar-refractivity contribution is -0.143. The van der Waals surface area contributed by atoms with Crippen molar-refractivity contribution in [1.29, 1.82) is 0 Å². The van der Waals surface area contributed by atoms with Crippen LogP contribution in [0.5, 0.6) is 0 Å². The molecule has 0 spiro atoms. The molecule has 1 aliphatic carbocycles. The number of Topliss-reactive ketones (excluding diaryl/α,β-unsaturated/α-hetero) is 1. The van der Waals surface area contributed by atoms with Gasteiger partial charge >= 0.3 is 0 Å². The summed E-state index contributed by atoms with van der Waals surface area (Å²) in [5.74, 6) is 1.62. The molecule has 0 bridgehead atoms. The molecule has 196 valence electrons. The summed E-state index contributed by atoms with van der Waals surface area (Å²) >= 11 is 6.08. The molecule has 3 heterocycles. The number of halogens is 1. The van der Waals surface area contributed by atoms with Crippen molar-refractivity contribution in [3.63, 3.8) is 0 Å². The maximum atomic E-state index is 12.8. The smallest absolute Gasteiger partial charge is 0.300 e. The molecular formula is C26H36ClN5O4. The van der Waals surface area contributed by atoms with Gasteiger partial charge in [0.25, 0.3) is 5.97 Å². The van der Waals surface area contributed by atoms with E-state index in [0.29, 0.717) is 43.8 Å². The Kier molecular flexibility index (Phi) is 8.98. The van der Waals surface area contributed by atoms with Crippen LogP contribution in [0.1, 0.15) is 51.0 Å². The molecule has 0 aromatic heterocycles. The molecule has 36 heavy (non-hydrogen) atoms. The topological polar surface area (TPSA) is 121 Å².